The number of carbonyl (C=O) groups excluding carboxylic acids is 1. The van der Waals surface area contributed by atoms with Crippen LogP contribution in [0.5, 0.6) is 0 Å². The standard InChI is InChI=1S/C15H17F3N4OS2/c1-3-8-19-12(23)9(2)24-14-22-21-13(25-14)20-11-7-5-4-6-10(11)15(16,17)18/h4-7,9H,3,8H2,1-2H3,(H,19,23)(H,20,21)/t9-/m0/s1. The number of benzene rings is 1. The highest BCUT2D eigenvalue weighted by atomic mass is 32.2. The summed E-state index contributed by atoms with van der Waals surface area (Å²) in [6.45, 7) is 4.30. The van der Waals surface area contributed by atoms with Crippen LogP contribution < -0.4 is 10.6 Å². The molecule has 1 heterocycles. The van der Waals surface area contributed by atoms with E-state index in [0.29, 0.717) is 10.9 Å². The van der Waals surface area contributed by atoms with Crippen LogP contribution in [0.2, 0.25) is 0 Å². The first-order valence-electron chi connectivity index (χ1n) is 7.52. The maximum absolute atomic E-state index is 13.0. The molecular formula is C15H17F3N4OS2. The van der Waals surface area contributed by atoms with Gasteiger partial charge in [-0.05, 0) is 25.5 Å². The third kappa shape index (κ3) is 5.60. The highest BCUT2D eigenvalue weighted by Gasteiger charge is 2.33. The minimum Gasteiger partial charge on any atom is -0.355 e. The smallest absolute Gasteiger partial charge is 0.355 e. The van der Waals surface area contributed by atoms with Gasteiger partial charge in [0.1, 0.15) is 0 Å². The molecule has 0 bridgehead atoms. The van der Waals surface area contributed by atoms with Gasteiger partial charge in [0.2, 0.25) is 11.0 Å². The van der Waals surface area contributed by atoms with Crippen LogP contribution in [-0.4, -0.2) is 27.9 Å². The van der Waals surface area contributed by atoms with Crippen LogP contribution in [0.4, 0.5) is 24.0 Å². The Bertz CT molecular complexity index is 721. The molecule has 1 aromatic carbocycles. The first-order valence-corrected chi connectivity index (χ1v) is 9.22. The zero-order chi connectivity index (χ0) is 18.4. The number of hydrogen-bond acceptors (Lipinski definition) is 6. The van der Waals surface area contributed by atoms with E-state index in [2.05, 4.69) is 20.8 Å². The van der Waals surface area contributed by atoms with E-state index in [9.17, 15) is 18.0 Å². The molecule has 0 spiro atoms. The molecule has 2 N–H and O–H groups in total. The first kappa shape index (κ1) is 19.5. The van der Waals surface area contributed by atoms with Gasteiger partial charge in [-0.15, -0.1) is 10.2 Å². The van der Waals surface area contributed by atoms with Crippen molar-refractivity contribution in [3.8, 4) is 0 Å². The molecular weight excluding hydrogens is 373 g/mol. The predicted molar refractivity (Wildman–Crippen MR) is 93.3 cm³/mol. The third-order valence-electron chi connectivity index (χ3n) is 3.08. The zero-order valence-electron chi connectivity index (χ0n) is 13.6. The Morgan fingerprint density at radius 2 is 2.04 bits per heavy atom. The lowest BCUT2D eigenvalue weighted by Gasteiger charge is -2.12. The monoisotopic (exact) mass is 390 g/mol. The lowest BCUT2D eigenvalue weighted by atomic mass is 10.2. The van der Waals surface area contributed by atoms with Crippen LogP contribution in [0.25, 0.3) is 0 Å². The largest absolute Gasteiger partial charge is 0.418 e. The Balaban J connectivity index is 2.04. The summed E-state index contributed by atoms with van der Waals surface area (Å²) < 4.78 is 39.5. The Hall–Kier alpha value is -1.81. The van der Waals surface area contributed by atoms with Crippen LogP contribution in [0.3, 0.4) is 0 Å². The molecule has 1 atom stereocenters. The minimum absolute atomic E-state index is 0.0866. The Labute approximate surface area is 151 Å². The van der Waals surface area contributed by atoms with Crippen LogP contribution in [0.15, 0.2) is 28.6 Å². The number of amides is 1. The number of thioether (sulfide) groups is 1. The molecule has 0 radical (unpaired) electrons. The van der Waals surface area contributed by atoms with Crippen LogP contribution in [-0.2, 0) is 11.0 Å². The van der Waals surface area contributed by atoms with Gasteiger partial charge in [-0.3, -0.25) is 4.79 Å². The van der Waals surface area contributed by atoms with Crippen molar-refractivity contribution in [1.82, 2.24) is 15.5 Å². The topological polar surface area (TPSA) is 66.9 Å². The van der Waals surface area contributed by atoms with E-state index in [1.165, 1.54) is 30.0 Å². The van der Waals surface area contributed by atoms with Crippen molar-refractivity contribution in [2.75, 3.05) is 11.9 Å². The van der Waals surface area contributed by atoms with E-state index < -0.39 is 11.7 Å². The van der Waals surface area contributed by atoms with Gasteiger partial charge < -0.3 is 10.6 Å². The minimum atomic E-state index is -4.46. The Kier molecular flexibility index (Phi) is 6.65. The average Bonchev–Trinajstić information content (AvgIpc) is 2.99. The van der Waals surface area contributed by atoms with E-state index in [-0.39, 0.29) is 22.0 Å². The molecule has 0 saturated heterocycles. The number of rotatable bonds is 7. The molecule has 0 unspecified atom stereocenters. The second-order valence-corrected chi connectivity index (χ2v) is 7.66. The number of para-hydroxylation sites is 1. The fourth-order valence-corrected chi connectivity index (χ4v) is 3.79. The molecule has 0 saturated carbocycles. The van der Waals surface area contributed by atoms with Crippen molar-refractivity contribution in [2.45, 2.75) is 36.0 Å². The number of aromatic nitrogens is 2. The lowest BCUT2D eigenvalue weighted by molar-refractivity contribution is -0.137. The SMILES string of the molecule is CCCNC(=O)[C@H](C)Sc1nnc(Nc2ccccc2C(F)(F)F)s1. The maximum atomic E-state index is 13.0. The van der Waals surface area contributed by atoms with Gasteiger partial charge >= 0.3 is 6.18 Å². The van der Waals surface area contributed by atoms with E-state index in [0.717, 1.165) is 23.8 Å². The molecule has 0 aliphatic heterocycles. The lowest BCUT2D eigenvalue weighted by Crippen LogP contribution is -2.31. The van der Waals surface area contributed by atoms with Gasteiger partial charge in [-0.2, -0.15) is 13.2 Å². The quantitative estimate of drug-likeness (QED) is 0.690. The molecule has 2 rings (SSSR count). The van der Waals surface area contributed by atoms with Gasteiger partial charge in [-0.25, -0.2) is 0 Å². The average molecular weight is 390 g/mol. The first-order chi connectivity index (χ1) is 11.8. The molecule has 0 fully saturated rings. The summed E-state index contributed by atoms with van der Waals surface area (Å²) in [5.74, 6) is -0.112. The van der Waals surface area contributed by atoms with Crippen molar-refractivity contribution in [3.05, 3.63) is 29.8 Å². The third-order valence-corrected chi connectivity index (χ3v) is 5.10. The van der Waals surface area contributed by atoms with Crippen molar-refractivity contribution < 1.29 is 18.0 Å². The van der Waals surface area contributed by atoms with Crippen LogP contribution in [0.1, 0.15) is 25.8 Å². The molecule has 1 aromatic heterocycles. The number of halogens is 3. The predicted octanol–water partition coefficient (Wildman–Crippen LogP) is 4.31. The molecule has 136 valence electrons. The summed E-state index contributed by atoms with van der Waals surface area (Å²) in [5.41, 5.74) is -0.858. The summed E-state index contributed by atoms with van der Waals surface area (Å²) in [5, 5.41) is 13.1. The second-order valence-electron chi connectivity index (χ2n) is 5.09. The van der Waals surface area contributed by atoms with Crippen molar-refractivity contribution in [1.29, 1.82) is 0 Å². The summed E-state index contributed by atoms with van der Waals surface area (Å²) in [4.78, 5) is 11.8. The molecule has 0 aliphatic carbocycles. The van der Waals surface area contributed by atoms with E-state index in [1.54, 1.807) is 6.92 Å². The van der Waals surface area contributed by atoms with Gasteiger partial charge in [0.05, 0.1) is 16.5 Å². The molecule has 0 aliphatic rings. The number of nitrogens with zero attached hydrogens (tertiary/aromatic N) is 2. The van der Waals surface area contributed by atoms with E-state index in [4.69, 9.17) is 0 Å². The number of anilines is 2. The maximum Gasteiger partial charge on any atom is 0.418 e. The number of hydrogen-bond donors (Lipinski definition) is 2. The van der Waals surface area contributed by atoms with Gasteiger partial charge in [0, 0.05) is 6.54 Å². The summed E-state index contributed by atoms with van der Waals surface area (Å²) >= 11 is 2.31. The second kappa shape index (κ2) is 8.52. The number of nitrogens with one attached hydrogen (secondary N) is 2. The molecule has 10 heteroatoms. The highest BCUT2D eigenvalue weighted by Crippen LogP contribution is 2.37. The van der Waals surface area contributed by atoms with Crippen LogP contribution in [0, 0.1) is 0 Å². The fourth-order valence-electron chi connectivity index (χ4n) is 1.86. The Morgan fingerprint density at radius 3 is 2.72 bits per heavy atom. The normalized spacial score (nSPS) is 12.7. The number of carbonyl (C=O) groups is 1. The summed E-state index contributed by atoms with van der Waals surface area (Å²) in [7, 11) is 0. The molecule has 1 amide bonds. The van der Waals surface area contributed by atoms with Crippen molar-refractivity contribution >= 4 is 39.8 Å². The van der Waals surface area contributed by atoms with E-state index in [1.807, 2.05) is 6.92 Å². The van der Waals surface area contributed by atoms with Crippen LogP contribution >= 0.6 is 23.1 Å². The van der Waals surface area contributed by atoms with E-state index >= 15 is 0 Å². The summed E-state index contributed by atoms with van der Waals surface area (Å²) in [6, 6.07) is 5.16. The molecule has 5 nitrogen and oxygen atoms in total. The number of alkyl halides is 3. The Morgan fingerprint density at radius 1 is 1.32 bits per heavy atom. The fraction of sp³-hybridized carbons (Fsp3) is 0.400. The van der Waals surface area contributed by atoms with Crippen molar-refractivity contribution in [3.63, 3.8) is 0 Å². The molecule has 2 aromatic rings. The molecule has 25 heavy (non-hydrogen) atoms. The van der Waals surface area contributed by atoms with Gasteiger partial charge in [0.25, 0.3) is 0 Å². The zero-order valence-corrected chi connectivity index (χ0v) is 15.2. The summed E-state index contributed by atoms with van der Waals surface area (Å²) in [6.07, 6.45) is -3.62. The van der Waals surface area contributed by atoms with Gasteiger partial charge in [0.15, 0.2) is 4.34 Å². The highest BCUT2D eigenvalue weighted by molar-refractivity contribution is 8.02. The van der Waals surface area contributed by atoms with Gasteiger partial charge in [-0.1, -0.05) is 42.2 Å². The van der Waals surface area contributed by atoms with Crippen molar-refractivity contribution in [2.24, 2.45) is 0 Å².